The number of aliphatic hydroxyl groups is 6. The molecule has 0 radical (unpaired) electrons. The standard InChI is InChI=1S/C55H56N6O16/c56-41-13-12-33(61-41)44(65)38(23-62)73-31-10-5-25(6-11-31)35-18-34(64)43-36(74-35)19-37(46(45(43)66)76-49(69)26-2-1-3-30(63)16-26)75-51-53(71)20-39-52(40-22-58-24-60-40,55(72,50(53)70)47(77-51)48(67)68)15-14-29-9-8-28-7-4-27-21-59-42(57)17-32(27)54(28,29)39/h1-7,10-20,28-29,38,40,44,47,49-51,58-63,65-66,69-72H,8-9,21-24,56-57H2,(H,67,68)/t28-,29-,38-,40+,44+,47+,49-,50-,51+,52+,53+,54-,55-/m0/s1. The van der Waals surface area contributed by atoms with Gasteiger partial charge in [-0.3, -0.25) is 10.1 Å². The van der Waals surface area contributed by atoms with Gasteiger partial charge < -0.3 is 96.4 Å². The van der Waals surface area contributed by atoms with Gasteiger partial charge in [-0.2, -0.15) is 0 Å². The Morgan fingerprint density at radius 2 is 1.74 bits per heavy atom. The molecule has 22 nitrogen and oxygen atoms in total. The van der Waals surface area contributed by atoms with Gasteiger partial charge in [0, 0.05) is 60.2 Å². The highest BCUT2D eigenvalue weighted by Gasteiger charge is 2.80. The number of aromatic amines is 1. The van der Waals surface area contributed by atoms with E-state index in [0.29, 0.717) is 47.9 Å². The minimum Gasteiger partial charge on any atom is -0.508 e. The number of nitrogen functional groups attached to an aromatic ring is 1. The normalized spacial score (nSPS) is 31.9. The maximum atomic E-state index is 14.2. The first-order valence-corrected chi connectivity index (χ1v) is 25.1. The van der Waals surface area contributed by atoms with Crippen LogP contribution in [0.25, 0.3) is 22.3 Å². The van der Waals surface area contributed by atoms with Crippen molar-refractivity contribution < 1.29 is 74.1 Å². The van der Waals surface area contributed by atoms with Gasteiger partial charge in [0.2, 0.25) is 18.3 Å². The Bertz CT molecular complexity index is 3440. The lowest BCUT2D eigenvalue weighted by atomic mass is 9.41. The number of H-pyrrole nitrogens is 1. The number of aliphatic hydroxyl groups excluding tert-OH is 4. The summed E-state index contributed by atoms with van der Waals surface area (Å²) in [7, 11) is 0. The topological polar surface area (TPSA) is 370 Å². The van der Waals surface area contributed by atoms with Crippen molar-refractivity contribution in [3.8, 4) is 40.1 Å². The highest BCUT2D eigenvalue weighted by Crippen LogP contribution is 2.72. The number of anilines is 1. The lowest BCUT2D eigenvalue weighted by Gasteiger charge is -2.67. The number of aromatic nitrogens is 1. The summed E-state index contributed by atoms with van der Waals surface area (Å²) in [5, 5.41) is 115. The molecular formula is C55H56N6O16. The van der Waals surface area contributed by atoms with Crippen LogP contribution in [0.5, 0.6) is 28.7 Å². The molecule has 12 rings (SSSR count). The fraction of sp³-hybridized carbons (Fsp3) is 0.345. The van der Waals surface area contributed by atoms with E-state index in [-0.39, 0.29) is 53.5 Å². The third kappa shape index (κ3) is 7.42. The molecule has 3 aromatic carbocycles. The van der Waals surface area contributed by atoms with E-state index in [0.717, 1.165) is 23.3 Å². The molecule has 2 bridgehead atoms. The molecule has 77 heavy (non-hydrogen) atoms. The number of carboxylic acid groups (broad SMARTS) is 1. The summed E-state index contributed by atoms with van der Waals surface area (Å²) >= 11 is 0. The van der Waals surface area contributed by atoms with Crippen LogP contribution in [0.4, 0.5) is 5.82 Å². The lowest BCUT2D eigenvalue weighted by Crippen LogP contribution is -2.84. The van der Waals surface area contributed by atoms with Gasteiger partial charge in [0.15, 0.2) is 34.7 Å². The van der Waals surface area contributed by atoms with Crippen molar-refractivity contribution in [3.05, 3.63) is 153 Å². The van der Waals surface area contributed by atoms with Gasteiger partial charge in [0.25, 0.3) is 0 Å². The van der Waals surface area contributed by atoms with E-state index in [9.17, 15) is 55.5 Å². The van der Waals surface area contributed by atoms with Gasteiger partial charge in [0.05, 0.1) is 17.8 Å². The zero-order valence-corrected chi connectivity index (χ0v) is 40.9. The number of aliphatic carboxylic acids is 1. The summed E-state index contributed by atoms with van der Waals surface area (Å²) in [4.78, 5) is 30.8. The van der Waals surface area contributed by atoms with Crippen molar-refractivity contribution in [1.82, 2.24) is 20.9 Å². The number of carboxylic acids is 1. The number of dihydropyridines is 1. The second-order valence-corrected chi connectivity index (χ2v) is 20.6. The highest BCUT2D eigenvalue weighted by molar-refractivity contribution is 5.90. The molecule has 5 heterocycles. The van der Waals surface area contributed by atoms with E-state index in [1.165, 1.54) is 54.6 Å². The van der Waals surface area contributed by atoms with E-state index in [1.807, 2.05) is 18.2 Å². The first-order chi connectivity index (χ1) is 36.9. The molecule has 2 saturated heterocycles. The van der Waals surface area contributed by atoms with Gasteiger partial charge in [-0.1, -0.05) is 36.4 Å². The molecule has 3 aliphatic heterocycles. The molecule has 0 amide bonds. The van der Waals surface area contributed by atoms with Crippen molar-refractivity contribution in [3.63, 3.8) is 0 Å². The van der Waals surface area contributed by atoms with Crippen molar-refractivity contribution in [2.24, 2.45) is 28.4 Å². The summed E-state index contributed by atoms with van der Waals surface area (Å²) in [5.74, 6) is -3.93. The summed E-state index contributed by atoms with van der Waals surface area (Å²) < 4.78 is 30.9. The van der Waals surface area contributed by atoms with Crippen LogP contribution >= 0.6 is 0 Å². The Morgan fingerprint density at radius 1 is 0.961 bits per heavy atom. The molecule has 5 aromatic rings. The Labute approximate surface area is 437 Å². The van der Waals surface area contributed by atoms with Crippen LogP contribution in [-0.4, -0.2) is 125 Å². The molecule has 7 aliphatic rings. The molecule has 17 N–H and O–H groups in total. The number of nitrogens with one attached hydrogen (secondary N) is 4. The number of hydrogen-bond donors (Lipinski definition) is 15. The quantitative estimate of drug-likeness (QED) is 0.0588. The first-order valence-electron chi connectivity index (χ1n) is 25.1. The average molecular weight is 1060 g/mol. The molecule has 0 unspecified atom stereocenters. The largest absolute Gasteiger partial charge is 0.508 e. The molecule has 13 atom stereocenters. The van der Waals surface area contributed by atoms with Gasteiger partial charge in [-0.25, -0.2) is 4.79 Å². The molecule has 1 saturated carbocycles. The maximum Gasteiger partial charge on any atom is 0.336 e. The minimum atomic E-state index is -2.84. The Balaban J connectivity index is 0.998. The second-order valence-electron chi connectivity index (χ2n) is 20.6. The van der Waals surface area contributed by atoms with E-state index in [2.05, 4.69) is 27.0 Å². The number of hydrogen-bond acceptors (Lipinski definition) is 20. The average Bonchev–Trinajstić information content (AvgIpc) is 4.24. The van der Waals surface area contributed by atoms with E-state index in [1.54, 1.807) is 18.2 Å². The van der Waals surface area contributed by atoms with Crippen molar-refractivity contribution in [2.75, 3.05) is 32.1 Å². The number of benzene rings is 3. The fourth-order valence-corrected chi connectivity index (χ4v) is 13.2. The lowest BCUT2D eigenvalue weighted by molar-refractivity contribution is -0.355. The van der Waals surface area contributed by atoms with Crippen LogP contribution in [0, 0.1) is 22.7 Å². The summed E-state index contributed by atoms with van der Waals surface area (Å²) in [5.41, 5.74) is 5.30. The Kier molecular flexibility index (Phi) is 11.9. The van der Waals surface area contributed by atoms with Crippen molar-refractivity contribution in [1.29, 1.82) is 0 Å². The van der Waals surface area contributed by atoms with E-state index in [4.69, 9.17) is 34.8 Å². The SMILES string of the molecule is NC1=CC2=C(C=C[C@H]3CC[C@H]4C=C[C@]5([C@H]6CNCN6)C(=C[C@]6(O)[C@H](Oc7cc8oc(-c9ccc(O[C@@H](CO)[C@H](O)c%10ccc(N)[nH]%10)cc9)cc(=O)c8c(O)c7O[C@H](O)c7cccc(O)c7)O[C@H](C(=O)O)[C@]5(O)[C@H]6O)[C@]243)CN1. The summed E-state index contributed by atoms with van der Waals surface area (Å²) in [6, 6.07) is 15.9. The van der Waals surface area contributed by atoms with Gasteiger partial charge in [0.1, 0.15) is 51.9 Å². The van der Waals surface area contributed by atoms with Crippen LogP contribution in [0.3, 0.4) is 0 Å². The number of carbonyl (C=O) groups is 1. The molecule has 1 spiro atoms. The molecule has 3 fully saturated rings. The fourth-order valence-electron chi connectivity index (χ4n) is 13.2. The number of phenols is 2. The molecule has 4 aliphatic carbocycles. The van der Waals surface area contributed by atoms with E-state index >= 15 is 0 Å². The van der Waals surface area contributed by atoms with Gasteiger partial charge >= 0.3 is 5.97 Å². The third-order valence-electron chi connectivity index (χ3n) is 16.6. The second kappa shape index (κ2) is 18.3. The maximum absolute atomic E-state index is 14.2. The number of phenolic OH excluding ortho intramolecular Hbond substituents is 2. The Morgan fingerprint density at radius 3 is 2.44 bits per heavy atom. The third-order valence-corrected chi connectivity index (χ3v) is 16.6. The summed E-state index contributed by atoms with van der Waals surface area (Å²) in [6.45, 7) is 0.256. The monoisotopic (exact) mass is 1060 g/mol. The molecule has 22 heteroatoms. The molecule has 402 valence electrons. The predicted octanol–water partition coefficient (Wildman–Crippen LogP) is 1.63. The van der Waals surface area contributed by atoms with Crippen LogP contribution in [-0.2, 0) is 9.53 Å². The first kappa shape index (κ1) is 50.2. The van der Waals surface area contributed by atoms with Gasteiger partial charge in [-0.05, 0) is 102 Å². The van der Waals surface area contributed by atoms with Crippen LogP contribution in [0.2, 0.25) is 0 Å². The number of ether oxygens (including phenoxy) is 4. The number of aromatic hydroxyl groups is 2. The molecule has 2 aromatic heterocycles. The van der Waals surface area contributed by atoms with E-state index < -0.39 is 106 Å². The number of rotatable bonds is 13. The number of fused-ring (bicyclic) bond motifs is 5. The van der Waals surface area contributed by atoms with Gasteiger partial charge in [-0.15, -0.1) is 0 Å². The zero-order valence-electron chi connectivity index (χ0n) is 40.9. The smallest absolute Gasteiger partial charge is 0.336 e. The van der Waals surface area contributed by atoms with Crippen LogP contribution in [0.15, 0.2) is 141 Å². The van der Waals surface area contributed by atoms with Crippen LogP contribution in [0.1, 0.15) is 36.5 Å². The Hall–Kier alpha value is -7.64. The van der Waals surface area contributed by atoms with Crippen molar-refractivity contribution >= 4 is 22.8 Å². The predicted molar refractivity (Wildman–Crippen MR) is 272 cm³/mol. The highest BCUT2D eigenvalue weighted by atomic mass is 16.7. The van der Waals surface area contributed by atoms with Crippen molar-refractivity contribution in [2.45, 2.75) is 67.1 Å². The zero-order chi connectivity index (χ0) is 53.9. The molecular weight excluding hydrogens is 1000 g/mol. The number of nitrogens with two attached hydrogens (primary N) is 2. The minimum absolute atomic E-state index is 0.0190. The van der Waals surface area contributed by atoms with Crippen LogP contribution < -0.4 is 47.1 Å². The number of allylic oxidation sites excluding steroid dienone is 4. The summed E-state index contributed by atoms with van der Waals surface area (Å²) in [6.07, 6.45) is 1.01.